The SMILES string of the molecule is CCNC(=O)C(C)[C@H](NC(=O)OC(C)(C)C)C1CCC1. The second-order valence-corrected chi connectivity index (χ2v) is 6.55. The van der Waals surface area contributed by atoms with Crippen molar-refractivity contribution >= 4 is 12.0 Å². The predicted molar refractivity (Wildman–Crippen MR) is 78.3 cm³/mol. The van der Waals surface area contributed by atoms with E-state index in [0.29, 0.717) is 12.5 Å². The van der Waals surface area contributed by atoms with Gasteiger partial charge in [0.15, 0.2) is 0 Å². The molecule has 1 aliphatic carbocycles. The van der Waals surface area contributed by atoms with E-state index in [-0.39, 0.29) is 17.9 Å². The predicted octanol–water partition coefficient (Wildman–Crippen LogP) is 2.45. The molecule has 0 radical (unpaired) electrons. The van der Waals surface area contributed by atoms with Crippen LogP contribution in [0.25, 0.3) is 0 Å². The first-order valence-corrected chi connectivity index (χ1v) is 7.52. The Bertz CT molecular complexity index is 346. The molecule has 0 spiro atoms. The van der Waals surface area contributed by atoms with Crippen molar-refractivity contribution in [2.75, 3.05) is 6.54 Å². The summed E-state index contributed by atoms with van der Waals surface area (Å²) in [5, 5.41) is 5.71. The normalized spacial score (nSPS) is 18.6. The van der Waals surface area contributed by atoms with E-state index in [9.17, 15) is 9.59 Å². The molecule has 5 heteroatoms. The Kier molecular flexibility index (Phi) is 5.84. The van der Waals surface area contributed by atoms with Crippen molar-refractivity contribution in [1.82, 2.24) is 10.6 Å². The lowest BCUT2D eigenvalue weighted by Gasteiger charge is -2.37. The highest BCUT2D eigenvalue weighted by Gasteiger charge is 2.36. The minimum Gasteiger partial charge on any atom is -0.444 e. The molecule has 0 aromatic carbocycles. The van der Waals surface area contributed by atoms with Crippen molar-refractivity contribution in [3.05, 3.63) is 0 Å². The Morgan fingerprint density at radius 3 is 2.30 bits per heavy atom. The van der Waals surface area contributed by atoms with Crippen LogP contribution in [-0.2, 0) is 9.53 Å². The summed E-state index contributed by atoms with van der Waals surface area (Å²) in [6.45, 7) is 9.86. The van der Waals surface area contributed by atoms with Crippen molar-refractivity contribution in [3.63, 3.8) is 0 Å². The maximum Gasteiger partial charge on any atom is 0.407 e. The van der Waals surface area contributed by atoms with E-state index in [4.69, 9.17) is 4.74 Å². The Hall–Kier alpha value is -1.26. The van der Waals surface area contributed by atoms with Gasteiger partial charge in [-0.3, -0.25) is 4.79 Å². The van der Waals surface area contributed by atoms with Gasteiger partial charge in [0.1, 0.15) is 5.60 Å². The minimum absolute atomic E-state index is 0.0135. The van der Waals surface area contributed by atoms with Crippen LogP contribution >= 0.6 is 0 Å². The Labute approximate surface area is 121 Å². The van der Waals surface area contributed by atoms with E-state index in [0.717, 1.165) is 12.8 Å². The zero-order chi connectivity index (χ0) is 15.3. The fraction of sp³-hybridized carbons (Fsp3) is 0.867. The van der Waals surface area contributed by atoms with Crippen molar-refractivity contribution in [2.45, 2.75) is 65.5 Å². The van der Waals surface area contributed by atoms with Crippen LogP contribution in [0.15, 0.2) is 0 Å². The van der Waals surface area contributed by atoms with Crippen molar-refractivity contribution < 1.29 is 14.3 Å². The summed E-state index contributed by atoms with van der Waals surface area (Å²) in [5.41, 5.74) is -0.525. The van der Waals surface area contributed by atoms with Crippen LogP contribution in [0.5, 0.6) is 0 Å². The summed E-state index contributed by atoms with van der Waals surface area (Å²) in [4.78, 5) is 23.9. The van der Waals surface area contributed by atoms with Crippen molar-refractivity contribution in [3.8, 4) is 0 Å². The number of rotatable bonds is 5. The molecule has 0 bridgehead atoms. The average molecular weight is 284 g/mol. The highest BCUT2D eigenvalue weighted by molar-refractivity contribution is 5.80. The highest BCUT2D eigenvalue weighted by atomic mass is 16.6. The summed E-state index contributed by atoms with van der Waals surface area (Å²) >= 11 is 0. The molecular formula is C15H28N2O3. The Morgan fingerprint density at radius 1 is 1.30 bits per heavy atom. The van der Waals surface area contributed by atoms with Crippen LogP contribution in [0.3, 0.4) is 0 Å². The molecule has 0 aliphatic heterocycles. The molecule has 5 nitrogen and oxygen atoms in total. The average Bonchev–Trinajstić information content (AvgIpc) is 2.22. The monoisotopic (exact) mass is 284 g/mol. The number of hydrogen-bond acceptors (Lipinski definition) is 3. The molecule has 1 rings (SSSR count). The van der Waals surface area contributed by atoms with Crippen LogP contribution in [0.2, 0.25) is 0 Å². The lowest BCUT2D eigenvalue weighted by atomic mass is 9.75. The van der Waals surface area contributed by atoms with Crippen LogP contribution in [-0.4, -0.2) is 30.2 Å². The minimum atomic E-state index is -0.525. The first-order chi connectivity index (χ1) is 9.24. The molecule has 0 aromatic heterocycles. The summed E-state index contributed by atoms with van der Waals surface area (Å²) in [7, 11) is 0. The van der Waals surface area contributed by atoms with Gasteiger partial charge in [-0.05, 0) is 46.5 Å². The topological polar surface area (TPSA) is 67.4 Å². The Morgan fingerprint density at radius 2 is 1.90 bits per heavy atom. The van der Waals surface area contributed by atoms with E-state index in [1.807, 2.05) is 34.6 Å². The van der Waals surface area contributed by atoms with Crippen molar-refractivity contribution in [2.24, 2.45) is 11.8 Å². The third-order valence-corrected chi connectivity index (χ3v) is 3.64. The maximum absolute atomic E-state index is 12.0. The zero-order valence-electron chi connectivity index (χ0n) is 13.3. The van der Waals surface area contributed by atoms with Crippen LogP contribution in [0.4, 0.5) is 4.79 Å². The molecule has 1 saturated carbocycles. The summed E-state index contributed by atoms with van der Waals surface area (Å²) < 4.78 is 5.30. The number of hydrogen-bond donors (Lipinski definition) is 2. The largest absolute Gasteiger partial charge is 0.444 e. The molecule has 2 N–H and O–H groups in total. The highest BCUT2D eigenvalue weighted by Crippen LogP contribution is 2.33. The molecule has 0 heterocycles. The summed E-state index contributed by atoms with van der Waals surface area (Å²) in [5.74, 6) is 0.119. The van der Waals surface area contributed by atoms with E-state index in [1.54, 1.807) is 0 Å². The van der Waals surface area contributed by atoms with Crippen LogP contribution in [0.1, 0.15) is 53.9 Å². The van der Waals surface area contributed by atoms with E-state index < -0.39 is 11.7 Å². The number of carbonyl (C=O) groups is 2. The molecule has 2 atom stereocenters. The second-order valence-electron chi connectivity index (χ2n) is 6.55. The standard InChI is InChI=1S/C15H28N2O3/c1-6-16-13(18)10(2)12(11-8-7-9-11)17-14(19)20-15(3,4)5/h10-12H,6-9H2,1-5H3,(H,16,18)(H,17,19)/t10?,12-/m0/s1. The fourth-order valence-corrected chi connectivity index (χ4v) is 2.39. The van der Waals surface area contributed by atoms with Gasteiger partial charge < -0.3 is 15.4 Å². The molecule has 1 fully saturated rings. The molecule has 0 saturated heterocycles. The van der Waals surface area contributed by atoms with Gasteiger partial charge in [-0.15, -0.1) is 0 Å². The lowest BCUT2D eigenvalue weighted by Crippen LogP contribution is -2.52. The van der Waals surface area contributed by atoms with Gasteiger partial charge in [0, 0.05) is 12.6 Å². The third kappa shape index (κ3) is 5.02. The van der Waals surface area contributed by atoms with Gasteiger partial charge >= 0.3 is 6.09 Å². The fourth-order valence-electron chi connectivity index (χ4n) is 2.39. The maximum atomic E-state index is 12.0. The molecule has 2 amide bonds. The zero-order valence-corrected chi connectivity index (χ0v) is 13.3. The number of alkyl carbamates (subject to hydrolysis) is 1. The van der Waals surface area contributed by atoms with Crippen LogP contribution < -0.4 is 10.6 Å². The second kappa shape index (κ2) is 6.95. The number of amides is 2. The van der Waals surface area contributed by atoms with Gasteiger partial charge in [0.25, 0.3) is 0 Å². The van der Waals surface area contributed by atoms with Gasteiger partial charge in [-0.25, -0.2) is 4.79 Å². The Balaban J connectivity index is 2.64. The molecule has 20 heavy (non-hydrogen) atoms. The van der Waals surface area contributed by atoms with E-state index in [1.165, 1.54) is 6.42 Å². The first kappa shape index (κ1) is 16.8. The molecule has 1 unspecified atom stereocenters. The number of carbonyl (C=O) groups excluding carboxylic acids is 2. The molecule has 1 aliphatic rings. The molecule has 116 valence electrons. The smallest absolute Gasteiger partial charge is 0.407 e. The molecule has 0 aromatic rings. The number of nitrogens with one attached hydrogen (secondary N) is 2. The van der Waals surface area contributed by atoms with Gasteiger partial charge in [-0.1, -0.05) is 13.3 Å². The van der Waals surface area contributed by atoms with E-state index in [2.05, 4.69) is 10.6 Å². The summed E-state index contributed by atoms with van der Waals surface area (Å²) in [6.07, 6.45) is 2.85. The lowest BCUT2D eigenvalue weighted by molar-refractivity contribution is -0.126. The van der Waals surface area contributed by atoms with Gasteiger partial charge in [0.2, 0.25) is 5.91 Å². The van der Waals surface area contributed by atoms with Gasteiger partial charge in [-0.2, -0.15) is 0 Å². The van der Waals surface area contributed by atoms with Gasteiger partial charge in [0.05, 0.1) is 5.92 Å². The quantitative estimate of drug-likeness (QED) is 0.815. The van der Waals surface area contributed by atoms with E-state index >= 15 is 0 Å². The van der Waals surface area contributed by atoms with Crippen molar-refractivity contribution in [1.29, 1.82) is 0 Å². The summed E-state index contributed by atoms with van der Waals surface area (Å²) in [6, 6.07) is -0.148. The number of ether oxygens (including phenoxy) is 1. The van der Waals surface area contributed by atoms with Crippen LogP contribution in [0, 0.1) is 11.8 Å². The molecular weight excluding hydrogens is 256 g/mol. The third-order valence-electron chi connectivity index (χ3n) is 3.64. The first-order valence-electron chi connectivity index (χ1n) is 7.52.